The van der Waals surface area contributed by atoms with Crippen molar-refractivity contribution < 1.29 is 9.90 Å². The first-order valence-electron chi connectivity index (χ1n) is 7.88. The minimum absolute atomic E-state index is 0.0530. The molecule has 24 heavy (non-hydrogen) atoms. The van der Waals surface area contributed by atoms with Crippen molar-refractivity contribution in [3.8, 4) is 5.75 Å². The Morgan fingerprint density at radius 3 is 1.62 bits per heavy atom. The summed E-state index contributed by atoms with van der Waals surface area (Å²) in [5.74, 6) is 0.104. The zero-order valence-electron chi connectivity index (χ0n) is 13.3. The van der Waals surface area contributed by atoms with Crippen molar-refractivity contribution in [3.63, 3.8) is 0 Å². The number of phenols is 1. The van der Waals surface area contributed by atoms with Gasteiger partial charge in [0.05, 0.1) is 0 Å². The molecule has 0 fully saturated rings. The third-order valence-electron chi connectivity index (χ3n) is 3.83. The van der Waals surface area contributed by atoms with Gasteiger partial charge in [0.2, 0.25) is 0 Å². The Labute approximate surface area is 141 Å². The molecule has 3 nitrogen and oxygen atoms in total. The molecular formula is C21H19NO2. The summed E-state index contributed by atoms with van der Waals surface area (Å²) in [6.07, 6.45) is 0. The van der Waals surface area contributed by atoms with Gasteiger partial charge >= 0.3 is 0 Å². The van der Waals surface area contributed by atoms with Crippen molar-refractivity contribution in [3.05, 3.63) is 102 Å². The Balaban J connectivity index is 1.85. The third-order valence-corrected chi connectivity index (χ3v) is 3.83. The van der Waals surface area contributed by atoms with E-state index in [0.717, 1.165) is 11.1 Å². The number of carbonyl (C=O) groups is 1. The Kier molecular flexibility index (Phi) is 4.92. The molecular weight excluding hydrogens is 298 g/mol. The van der Waals surface area contributed by atoms with Crippen LogP contribution in [0, 0.1) is 0 Å². The van der Waals surface area contributed by atoms with Gasteiger partial charge < -0.3 is 10.0 Å². The summed E-state index contributed by atoms with van der Waals surface area (Å²) in [6.45, 7) is 1.07. The molecule has 0 aliphatic carbocycles. The number of hydrogen-bond acceptors (Lipinski definition) is 2. The molecule has 3 aromatic carbocycles. The van der Waals surface area contributed by atoms with Crippen LogP contribution in [0.2, 0.25) is 0 Å². The van der Waals surface area contributed by atoms with Gasteiger partial charge in [-0.05, 0) is 35.4 Å². The molecule has 0 saturated heterocycles. The van der Waals surface area contributed by atoms with Gasteiger partial charge in [0.25, 0.3) is 5.91 Å². The van der Waals surface area contributed by atoms with Gasteiger partial charge in [-0.3, -0.25) is 4.79 Å². The SMILES string of the molecule is O=C(c1ccc(O)cc1)N(Cc1ccccc1)Cc1ccccc1. The van der Waals surface area contributed by atoms with Gasteiger partial charge in [0.1, 0.15) is 5.75 Å². The van der Waals surface area contributed by atoms with Crippen LogP contribution in [0.1, 0.15) is 21.5 Å². The first-order valence-corrected chi connectivity index (χ1v) is 7.88. The number of amides is 1. The molecule has 1 amide bonds. The van der Waals surface area contributed by atoms with E-state index in [1.54, 1.807) is 12.1 Å². The topological polar surface area (TPSA) is 40.5 Å². The Morgan fingerprint density at radius 2 is 1.17 bits per heavy atom. The van der Waals surface area contributed by atoms with Gasteiger partial charge in [0, 0.05) is 18.7 Å². The van der Waals surface area contributed by atoms with Crippen LogP contribution in [0.25, 0.3) is 0 Å². The summed E-state index contributed by atoms with van der Waals surface area (Å²) < 4.78 is 0. The zero-order chi connectivity index (χ0) is 16.8. The molecule has 0 aliphatic heterocycles. The van der Waals surface area contributed by atoms with Crippen molar-refractivity contribution in [2.24, 2.45) is 0 Å². The molecule has 0 unspecified atom stereocenters. The minimum atomic E-state index is -0.0530. The van der Waals surface area contributed by atoms with E-state index in [-0.39, 0.29) is 11.7 Å². The van der Waals surface area contributed by atoms with E-state index >= 15 is 0 Å². The highest BCUT2D eigenvalue weighted by Gasteiger charge is 2.16. The Bertz CT molecular complexity index is 742. The van der Waals surface area contributed by atoms with E-state index < -0.39 is 0 Å². The van der Waals surface area contributed by atoms with Crippen LogP contribution >= 0.6 is 0 Å². The Morgan fingerprint density at radius 1 is 0.708 bits per heavy atom. The van der Waals surface area contributed by atoms with Crippen LogP contribution in [-0.4, -0.2) is 15.9 Å². The maximum atomic E-state index is 12.9. The van der Waals surface area contributed by atoms with Gasteiger partial charge in [0.15, 0.2) is 0 Å². The average Bonchev–Trinajstić information content (AvgIpc) is 2.63. The van der Waals surface area contributed by atoms with Gasteiger partial charge in [-0.25, -0.2) is 0 Å². The summed E-state index contributed by atoms with van der Waals surface area (Å²) >= 11 is 0. The number of nitrogens with zero attached hydrogens (tertiary/aromatic N) is 1. The van der Waals surface area contributed by atoms with Crippen molar-refractivity contribution in [1.82, 2.24) is 4.90 Å². The summed E-state index contributed by atoms with van der Waals surface area (Å²) in [5, 5.41) is 9.42. The van der Waals surface area contributed by atoms with E-state index in [1.165, 1.54) is 12.1 Å². The summed E-state index contributed by atoms with van der Waals surface area (Å²) in [4.78, 5) is 14.7. The number of carbonyl (C=O) groups excluding carboxylic acids is 1. The standard InChI is InChI=1S/C21H19NO2/c23-20-13-11-19(12-14-20)21(24)22(15-17-7-3-1-4-8-17)16-18-9-5-2-6-10-18/h1-14,23H,15-16H2. The first-order chi connectivity index (χ1) is 11.7. The summed E-state index contributed by atoms with van der Waals surface area (Å²) in [5.41, 5.74) is 2.74. The number of benzene rings is 3. The number of aromatic hydroxyl groups is 1. The molecule has 0 aromatic heterocycles. The molecule has 0 aliphatic rings. The van der Waals surface area contributed by atoms with Crippen LogP contribution in [0.4, 0.5) is 0 Å². The highest BCUT2D eigenvalue weighted by atomic mass is 16.3. The van der Waals surface area contributed by atoms with E-state index in [9.17, 15) is 9.90 Å². The fourth-order valence-corrected chi connectivity index (χ4v) is 2.59. The fourth-order valence-electron chi connectivity index (χ4n) is 2.59. The molecule has 0 saturated carbocycles. The van der Waals surface area contributed by atoms with Crippen molar-refractivity contribution >= 4 is 5.91 Å². The van der Waals surface area contributed by atoms with Crippen molar-refractivity contribution in [1.29, 1.82) is 0 Å². The highest BCUT2D eigenvalue weighted by Crippen LogP contribution is 2.16. The van der Waals surface area contributed by atoms with Crippen LogP contribution in [0.3, 0.4) is 0 Å². The molecule has 1 N–H and O–H groups in total. The lowest BCUT2D eigenvalue weighted by molar-refractivity contribution is 0.0730. The Hall–Kier alpha value is -3.07. The second kappa shape index (κ2) is 7.47. The molecule has 0 spiro atoms. The average molecular weight is 317 g/mol. The third kappa shape index (κ3) is 4.02. The summed E-state index contributed by atoms with van der Waals surface area (Å²) in [6, 6.07) is 26.3. The van der Waals surface area contributed by atoms with Crippen LogP contribution < -0.4 is 0 Å². The lowest BCUT2D eigenvalue weighted by Crippen LogP contribution is -2.30. The number of phenolic OH excluding ortho intramolecular Hbond substituents is 1. The number of hydrogen-bond donors (Lipinski definition) is 1. The van der Waals surface area contributed by atoms with E-state index in [1.807, 2.05) is 65.6 Å². The monoisotopic (exact) mass is 317 g/mol. The lowest BCUT2D eigenvalue weighted by atomic mass is 10.1. The van der Waals surface area contributed by atoms with Crippen molar-refractivity contribution in [2.45, 2.75) is 13.1 Å². The molecule has 0 atom stereocenters. The van der Waals surface area contributed by atoms with E-state index in [0.29, 0.717) is 18.7 Å². The zero-order valence-corrected chi connectivity index (χ0v) is 13.3. The minimum Gasteiger partial charge on any atom is -0.508 e. The van der Waals surface area contributed by atoms with Gasteiger partial charge in [-0.2, -0.15) is 0 Å². The second-order valence-corrected chi connectivity index (χ2v) is 5.68. The predicted molar refractivity (Wildman–Crippen MR) is 94.6 cm³/mol. The second-order valence-electron chi connectivity index (χ2n) is 5.68. The van der Waals surface area contributed by atoms with Crippen LogP contribution in [-0.2, 0) is 13.1 Å². The van der Waals surface area contributed by atoms with Gasteiger partial charge in [-0.15, -0.1) is 0 Å². The molecule has 3 heteroatoms. The molecule has 120 valence electrons. The molecule has 0 radical (unpaired) electrons. The fraction of sp³-hybridized carbons (Fsp3) is 0.0952. The quantitative estimate of drug-likeness (QED) is 0.765. The largest absolute Gasteiger partial charge is 0.508 e. The molecule has 0 bridgehead atoms. The normalized spacial score (nSPS) is 10.3. The van der Waals surface area contributed by atoms with Gasteiger partial charge in [-0.1, -0.05) is 60.7 Å². The first kappa shape index (κ1) is 15.8. The van der Waals surface area contributed by atoms with Crippen LogP contribution in [0.5, 0.6) is 5.75 Å². The smallest absolute Gasteiger partial charge is 0.254 e. The maximum Gasteiger partial charge on any atom is 0.254 e. The predicted octanol–water partition coefficient (Wildman–Crippen LogP) is 4.23. The lowest BCUT2D eigenvalue weighted by Gasteiger charge is -2.23. The maximum absolute atomic E-state index is 12.9. The van der Waals surface area contributed by atoms with E-state index in [2.05, 4.69) is 0 Å². The molecule has 0 heterocycles. The van der Waals surface area contributed by atoms with Crippen molar-refractivity contribution in [2.75, 3.05) is 0 Å². The van der Waals surface area contributed by atoms with Crippen LogP contribution in [0.15, 0.2) is 84.9 Å². The van der Waals surface area contributed by atoms with E-state index in [4.69, 9.17) is 0 Å². The molecule has 3 aromatic rings. The number of rotatable bonds is 5. The molecule has 3 rings (SSSR count). The summed E-state index contributed by atoms with van der Waals surface area (Å²) in [7, 11) is 0. The highest BCUT2D eigenvalue weighted by molar-refractivity contribution is 5.94.